The number of nitrogens with one attached hydrogen (secondary N) is 3. The van der Waals surface area contributed by atoms with Gasteiger partial charge in [-0.2, -0.15) is 0 Å². The molecule has 5 rings (SSSR count). The number of para-hydroxylation sites is 4. The summed E-state index contributed by atoms with van der Waals surface area (Å²) in [5.41, 5.74) is 3.05. The highest BCUT2D eigenvalue weighted by Crippen LogP contribution is 2.29. The number of fused-ring (bicyclic) bond motifs is 1. The van der Waals surface area contributed by atoms with Crippen LogP contribution in [0.1, 0.15) is 12.1 Å². The van der Waals surface area contributed by atoms with Crippen LogP contribution in [0.3, 0.4) is 0 Å². The standard InChI is InChI=1S/C31H34N6O3/c1-22-20-28(25-12-6-7-13-26(25)33-22)34-30(38)32-17-19-37-18-16-23(21-37)36(2)31(39)35-27-14-8-9-15-29(27)40-24-10-4-3-5-11-24/h3-15,20,23H,16-19,21H2,1-2H3,(H,35,39)(H2,32,33,34,38). The number of ether oxygens (including phenoxy) is 1. The fraction of sp³-hybridized carbons (Fsp3) is 0.258. The fourth-order valence-corrected chi connectivity index (χ4v) is 4.88. The number of aryl methyl sites for hydroxylation is 1. The second-order valence-corrected chi connectivity index (χ2v) is 9.90. The van der Waals surface area contributed by atoms with Crippen molar-refractivity contribution >= 4 is 34.3 Å². The Balaban J connectivity index is 1.09. The summed E-state index contributed by atoms with van der Waals surface area (Å²) in [6.07, 6.45) is 0.862. The van der Waals surface area contributed by atoms with E-state index in [2.05, 4.69) is 25.8 Å². The van der Waals surface area contributed by atoms with Gasteiger partial charge in [0.2, 0.25) is 0 Å². The van der Waals surface area contributed by atoms with Crippen LogP contribution in [0.15, 0.2) is 84.9 Å². The first-order valence-electron chi connectivity index (χ1n) is 13.5. The van der Waals surface area contributed by atoms with Gasteiger partial charge >= 0.3 is 12.1 Å². The zero-order valence-corrected chi connectivity index (χ0v) is 22.8. The number of hydrogen-bond donors (Lipinski definition) is 3. The Bertz CT molecular complexity index is 1480. The summed E-state index contributed by atoms with van der Waals surface area (Å²) < 4.78 is 5.98. The van der Waals surface area contributed by atoms with Gasteiger partial charge in [0.1, 0.15) is 5.75 Å². The predicted molar refractivity (Wildman–Crippen MR) is 158 cm³/mol. The summed E-state index contributed by atoms with van der Waals surface area (Å²) in [7, 11) is 1.82. The zero-order chi connectivity index (χ0) is 27.9. The second kappa shape index (κ2) is 12.5. The molecule has 0 bridgehead atoms. The molecule has 3 N–H and O–H groups in total. The van der Waals surface area contributed by atoms with E-state index in [1.165, 1.54) is 0 Å². The number of urea groups is 2. The minimum absolute atomic E-state index is 0.0715. The molecule has 4 aromatic rings. The van der Waals surface area contributed by atoms with Crippen molar-refractivity contribution in [3.05, 3.63) is 90.6 Å². The number of likely N-dealkylation sites (N-methyl/N-ethyl adjacent to an activating group) is 1. The zero-order valence-electron chi connectivity index (χ0n) is 22.8. The highest BCUT2D eigenvalue weighted by Gasteiger charge is 2.28. The lowest BCUT2D eigenvalue weighted by atomic mass is 10.1. The maximum Gasteiger partial charge on any atom is 0.321 e. The van der Waals surface area contributed by atoms with Gasteiger partial charge in [-0.05, 0) is 49.7 Å². The summed E-state index contributed by atoms with van der Waals surface area (Å²) in [6.45, 7) is 4.70. The van der Waals surface area contributed by atoms with E-state index in [0.29, 0.717) is 30.3 Å². The molecule has 1 fully saturated rings. The van der Waals surface area contributed by atoms with Crippen LogP contribution in [0.25, 0.3) is 10.9 Å². The second-order valence-electron chi connectivity index (χ2n) is 9.90. The highest BCUT2D eigenvalue weighted by atomic mass is 16.5. The minimum atomic E-state index is -0.251. The number of carbonyl (C=O) groups excluding carboxylic acids is 2. The van der Waals surface area contributed by atoms with E-state index in [0.717, 1.165) is 41.8 Å². The fourth-order valence-electron chi connectivity index (χ4n) is 4.88. The van der Waals surface area contributed by atoms with Gasteiger partial charge in [-0.3, -0.25) is 9.88 Å². The van der Waals surface area contributed by atoms with E-state index in [4.69, 9.17) is 4.74 Å². The smallest absolute Gasteiger partial charge is 0.321 e. The van der Waals surface area contributed by atoms with Crippen LogP contribution in [0, 0.1) is 6.92 Å². The molecule has 1 aliphatic rings. The van der Waals surface area contributed by atoms with Crippen LogP contribution >= 0.6 is 0 Å². The summed E-state index contributed by atoms with van der Waals surface area (Å²) in [5.74, 6) is 1.29. The molecule has 3 aromatic carbocycles. The third kappa shape index (κ3) is 6.68. The molecule has 0 radical (unpaired) electrons. The summed E-state index contributed by atoms with van der Waals surface area (Å²) in [6, 6.07) is 26.1. The third-order valence-corrected chi connectivity index (χ3v) is 7.02. The Morgan fingerprint density at radius 2 is 1.73 bits per heavy atom. The van der Waals surface area contributed by atoms with E-state index in [-0.39, 0.29) is 18.1 Å². The van der Waals surface area contributed by atoms with Crippen molar-refractivity contribution in [1.29, 1.82) is 0 Å². The molecular formula is C31H34N6O3. The number of likely N-dealkylation sites (tertiary alicyclic amines) is 1. The Morgan fingerprint density at radius 1 is 0.975 bits per heavy atom. The van der Waals surface area contributed by atoms with Crippen molar-refractivity contribution in [3.8, 4) is 11.5 Å². The molecule has 1 aromatic heterocycles. The molecule has 1 saturated heterocycles. The molecule has 2 heterocycles. The lowest BCUT2D eigenvalue weighted by molar-refractivity contribution is 0.202. The largest absolute Gasteiger partial charge is 0.455 e. The van der Waals surface area contributed by atoms with Crippen LogP contribution < -0.4 is 20.7 Å². The Kier molecular flexibility index (Phi) is 8.41. The SMILES string of the molecule is Cc1cc(NC(=O)NCCN2CCC(N(C)C(=O)Nc3ccccc3Oc3ccccc3)C2)c2ccccc2n1. The van der Waals surface area contributed by atoms with Crippen molar-refractivity contribution in [2.45, 2.75) is 19.4 Å². The number of anilines is 2. The molecular weight excluding hydrogens is 504 g/mol. The Hall–Kier alpha value is -4.63. The quantitative estimate of drug-likeness (QED) is 0.268. The maximum atomic E-state index is 13.1. The molecule has 9 nitrogen and oxygen atoms in total. The van der Waals surface area contributed by atoms with Gasteiger partial charge in [-0.15, -0.1) is 0 Å². The monoisotopic (exact) mass is 538 g/mol. The third-order valence-electron chi connectivity index (χ3n) is 7.02. The lowest BCUT2D eigenvalue weighted by Gasteiger charge is -2.26. The summed E-state index contributed by atoms with van der Waals surface area (Å²) in [5, 5.41) is 9.80. The number of pyridine rings is 1. The van der Waals surface area contributed by atoms with Crippen LogP contribution in [-0.4, -0.2) is 66.1 Å². The minimum Gasteiger partial charge on any atom is -0.455 e. The van der Waals surface area contributed by atoms with Crippen LogP contribution in [0.2, 0.25) is 0 Å². The first-order chi connectivity index (χ1) is 19.5. The number of amides is 4. The van der Waals surface area contributed by atoms with Gasteiger partial charge in [0.25, 0.3) is 0 Å². The van der Waals surface area contributed by atoms with Crippen LogP contribution in [-0.2, 0) is 0 Å². The van der Waals surface area contributed by atoms with Crippen molar-refractivity contribution in [2.24, 2.45) is 0 Å². The number of hydrogen-bond acceptors (Lipinski definition) is 5. The number of rotatable bonds is 8. The average molecular weight is 539 g/mol. The first-order valence-corrected chi connectivity index (χ1v) is 13.5. The molecule has 1 unspecified atom stereocenters. The molecule has 0 aliphatic carbocycles. The predicted octanol–water partition coefficient (Wildman–Crippen LogP) is 5.70. The van der Waals surface area contributed by atoms with E-state index in [1.807, 2.05) is 98.9 Å². The molecule has 1 aliphatic heterocycles. The molecule has 9 heteroatoms. The lowest BCUT2D eigenvalue weighted by Crippen LogP contribution is -2.42. The van der Waals surface area contributed by atoms with Gasteiger partial charge in [0, 0.05) is 50.3 Å². The number of nitrogens with zero attached hydrogens (tertiary/aromatic N) is 3. The van der Waals surface area contributed by atoms with E-state index >= 15 is 0 Å². The number of benzene rings is 3. The summed E-state index contributed by atoms with van der Waals surface area (Å²) in [4.78, 5) is 34.2. The summed E-state index contributed by atoms with van der Waals surface area (Å²) >= 11 is 0. The van der Waals surface area contributed by atoms with Crippen molar-refractivity contribution in [2.75, 3.05) is 43.9 Å². The molecule has 40 heavy (non-hydrogen) atoms. The van der Waals surface area contributed by atoms with E-state index in [9.17, 15) is 9.59 Å². The van der Waals surface area contributed by atoms with Crippen molar-refractivity contribution in [1.82, 2.24) is 20.1 Å². The number of aromatic nitrogens is 1. The molecule has 206 valence electrons. The Morgan fingerprint density at radius 3 is 2.58 bits per heavy atom. The first kappa shape index (κ1) is 27.0. The Labute approximate surface area is 234 Å². The van der Waals surface area contributed by atoms with Crippen molar-refractivity contribution in [3.63, 3.8) is 0 Å². The van der Waals surface area contributed by atoms with Gasteiger partial charge < -0.3 is 25.6 Å². The van der Waals surface area contributed by atoms with E-state index in [1.54, 1.807) is 4.90 Å². The van der Waals surface area contributed by atoms with Crippen molar-refractivity contribution < 1.29 is 14.3 Å². The molecule has 0 spiro atoms. The van der Waals surface area contributed by atoms with Crippen LogP contribution in [0.4, 0.5) is 21.0 Å². The van der Waals surface area contributed by atoms with E-state index < -0.39 is 0 Å². The topological polar surface area (TPSA) is 98.8 Å². The highest BCUT2D eigenvalue weighted by molar-refractivity contribution is 6.00. The van der Waals surface area contributed by atoms with Gasteiger partial charge in [-0.25, -0.2) is 9.59 Å². The normalized spacial score (nSPS) is 15.0. The maximum absolute atomic E-state index is 13.1. The van der Waals surface area contributed by atoms with Gasteiger partial charge in [0.15, 0.2) is 5.75 Å². The average Bonchev–Trinajstić information content (AvgIpc) is 3.43. The molecule has 0 saturated carbocycles. The van der Waals surface area contributed by atoms with Gasteiger partial charge in [-0.1, -0.05) is 48.5 Å². The molecule has 4 amide bonds. The molecule has 1 atom stereocenters. The van der Waals surface area contributed by atoms with Gasteiger partial charge in [0.05, 0.1) is 16.9 Å². The van der Waals surface area contributed by atoms with Crippen LogP contribution in [0.5, 0.6) is 11.5 Å². The number of carbonyl (C=O) groups is 2.